The molecule has 0 aromatic heterocycles. The van der Waals surface area contributed by atoms with E-state index in [4.69, 9.17) is 4.74 Å². The van der Waals surface area contributed by atoms with Gasteiger partial charge in [0.2, 0.25) is 5.91 Å². The third-order valence-corrected chi connectivity index (χ3v) is 6.60. The molecule has 206 valence electrons. The lowest BCUT2D eigenvalue weighted by atomic mass is 9.85. The summed E-state index contributed by atoms with van der Waals surface area (Å²) in [6.45, 7) is 6.24. The Balaban J connectivity index is 1.78. The lowest BCUT2D eigenvalue weighted by molar-refractivity contribution is -0.184. The van der Waals surface area contributed by atoms with Crippen molar-refractivity contribution in [2.75, 3.05) is 19.6 Å². The number of carbonyl (C=O) groups is 3. The van der Waals surface area contributed by atoms with Gasteiger partial charge in [0.05, 0.1) is 6.04 Å². The summed E-state index contributed by atoms with van der Waals surface area (Å²) in [4.78, 5) is 39.4. The van der Waals surface area contributed by atoms with Gasteiger partial charge in [0, 0.05) is 43.6 Å². The number of likely N-dealkylation sites (tertiary alicyclic amines) is 2. The summed E-state index contributed by atoms with van der Waals surface area (Å²) in [5, 5.41) is 2.45. The molecule has 1 aromatic carbocycles. The van der Waals surface area contributed by atoms with Crippen LogP contribution in [-0.4, -0.2) is 71.2 Å². The number of alkyl carbamates (subject to hydrolysis) is 1. The van der Waals surface area contributed by atoms with Crippen molar-refractivity contribution in [3.05, 3.63) is 35.1 Å². The molecule has 2 saturated heterocycles. The van der Waals surface area contributed by atoms with E-state index in [9.17, 15) is 40.7 Å². The molecule has 2 aliphatic heterocycles. The zero-order valence-electron chi connectivity index (χ0n) is 20.8. The monoisotopic (exact) mass is 537 g/mol. The molecule has 7 nitrogen and oxygen atoms in total. The van der Waals surface area contributed by atoms with Crippen molar-refractivity contribution in [2.45, 2.75) is 70.8 Å². The van der Waals surface area contributed by atoms with E-state index in [1.54, 1.807) is 27.7 Å². The average molecular weight is 538 g/mol. The fourth-order valence-corrected chi connectivity index (χ4v) is 4.88. The van der Waals surface area contributed by atoms with E-state index in [2.05, 4.69) is 5.32 Å². The van der Waals surface area contributed by atoms with Gasteiger partial charge in [-0.25, -0.2) is 18.0 Å². The van der Waals surface area contributed by atoms with Crippen molar-refractivity contribution in [3.63, 3.8) is 0 Å². The third kappa shape index (κ3) is 6.67. The van der Waals surface area contributed by atoms with Crippen molar-refractivity contribution >= 4 is 17.9 Å². The van der Waals surface area contributed by atoms with Crippen LogP contribution in [0.25, 0.3) is 0 Å². The van der Waals surface area contributed by atoms with Gasteiger partial charge in [0.1, 0.15) is 11.4 Å². The second-order valence-electron chi connectivity index (χ2n) is 10.8. The number of alkyl halides is 3. The fourth-order valence-electron chi connectivity index (χ4n) is 4.88. The molecule has 1 aromatic rings. The first kappa shape index (κ1) is 28.6. The molecule has 0 spiro atoms. The number of ether oxygens (including phenoxy) is 1. The summed E-state index contributed by atoms with van der Waals surface area (Å²) >= 11 is 0. The van der Waals surface area contributed by atoms with Crippen LogP contribution in [0.15, 0.2) is 12.1 Å². The number of fused-ring (bicyclic) bond motifs is 1. The van der Waals surface area contributed by atoms with Gasteiger partial charge in [-0.05, 0) is 45.2 Å². The number of benzene rings is 1. The highest BCUT2D eigenvalue weighted by atomic mass is 19.4. The van der Waals surface area contributed by atoms with E-state index in [0.29, 0.717) is 23.5 Å². The van der Waals surface area contributed by atoms with Crippen LogP contribution in [0.3, 0.4) is 0 Å². The van der Waals surface area contributed by atoms with E-state index in [0.717, 1.165) is 0 Å². The van der Waals surface area contributed by atoms with Crippen LogP contribution in [0.4, 0.5) is 31.1 Å². The molecule has 3 amide bonds. The summed E-state index contributed by atoms with van der Waals surface area (Å²) in [7, 11) is 0. The molecule has 1 unspecified atom stereocenters. The summed E-state index contributed by atoms with van der Waals surface area (Å²) in [5.74, 6) is -6.32. The first-order valence-electron chi connectivity index (χ1n) is 11.7. The summed E-state index contributed by atoms with van der Waals surface area (Å²) in [6.07, 6.45) is -6.42. The van der Waals surface area contributed by atoms with Gasteiger partial charge in [-0.2, -0.15) is 13.2 Å². The van der Waals surface area contributed by atoms with Crippen LogP contribution in [0.5, 0.6) is 0 Å². The van der Waals surface area contributed by atoms with Crippen molar-refractivity contribution in [3.8, 4) is 0 Å². The molecule has 0 bridgehead atoms. The van der Waals surface area contributed by atoms with E-state index in [1.807, 2.05) is 0 Å². The minimum absolute atomic E-state index is 0.167. The molecule has 37 heavy (non-hydrogen) atoms. The third-order valence-electron chi connectivity index (χ3n) is 6.60. The van der Waals surface area contributed by atoms with E-state index in [-0.39, 0.29) is 31.6 Å². The Hall–Kier alpha value is -2.99. The molecule has 1 N–H and O–H groups in total. The highest BCUT2D eigenvalue weighted by molar-refractivity contribution is 5.83. The van der Waals surface area contributed by atoms with Crippen LogP contribution in [0.2, 0.25) is 0 Å². The van der Waals surface area contributed by atoms with Crippen molar-refractivity contribution in [1.29, 1.82) is 0 Å². The Morgan fingerprint density at radius 2 is 1.73 bits per heavy atom. The maximum absolute atomic E-state index is 14.3. The number of hydrogen-bond acceptors (Lipinski definition) is 4. The lowest BCUT2D eigenvalue weighted by Gasteiger charge is -2.30. The molecule has 2 fully saturated rings. The first-order valence-corrected chi connectivity index (χ1v) is 11.7. The van der Waals surface area contributed by atoms with Crippen LogP contribution >= 0.6 is 0 Å². The second kappa shape index (κ2) is 10.1. The molecular formula is C24H29F6N3O4. The largest absolute Gasteiger partial charge is 0.471 e. The normalized spacial score (nSPS) is 22.6. The number of amides is 3. The van der Waals surface area contributed by atoms with E-state index >= 15 is 0 Å². The molecule has 0 saturated carbocycles. The zero-order valence-corrected chi connectivity index (χ0v) is 20.8. The Bertz CT molecular complexity index is 1070. The van der Waals surface area contributed by atoms with Gasteiger partial charge in [-0.15, -0.1) is 0 Å². The molecule has 3 rings (SSSR count). The molecule has 13 heteroatoms. The van der Waals surface area contributed by atoms with Crippen LogP contribution in [-0.2, 0) is 20.7 Å². The molecule has 0 aliphatic carbocycles. The number of carbonyl (C=O) groups excluding carboxylic acids is 3. The lowest BCUT2D eigenvalue weighted by Crippen LogP contribution is -2.47. The number of rotatable bonds is 5. The van der Waals surface area contributed by atoms with Crippen LogP contribution < -0.4 is 5.32 Å². The van der Waals surface area contributed by atoms with Gasteiger partial charge in [0.15, 0.2) is 11.6 Å². The average Bonchev–Trinajstić information content (AvgIpc) is 3.22. The highest BCUT2D eigenvalue weighted by Gasteiger charge is 2.56. The van der Waals surface area contributed by atoms with Crippen LogP contribution in [0, 0.1) is 22.9 Å². The minimum Gasteiger partial charge on any atom is -0.444 e. The van der Waals surface area contributed by atoms with Crippen LogP contribution in [0.1, 0.15) is 46.1 Å². The Morgan fingerprint density at radius 3 is 2.32 bits per heavy atom. The maximum atomic E-state index is 14.3. The predicted octanol–water partition coefficient (Wildman–Crippen LogP) is 3.94. The maximum Gasteiger partial charge on any atom is 0.471 e. The number of nitrogens with zero attached hydrogens (tertiary/aromatic N) is 2. The molecule has 2 aliphatic rings. The fraction of sp³-hybridized carbons (Fsp3) is 0.625. The summed E-state index contributed by atoms with van der Waals surface area (Å²) < 4.78 is 85.5. The van der Waals surface area contributed by atoms with Gasteiger partial charge in [-0.3, -0.25) is 9.59 Å². The molecular weight excluding hydrogens is 508 g/mol. The molecule has 2 heterocycles. The highest BCUT2D eigenvalue weighted by Crippen LogP contribution is 2.43. The summed E-state index contributed by atoms with van der Waals surface area (Å²) in [6, 6.07) is -0.812. The predicted molar refractivity (Wildman–Crippen MR) is 119 cm³/mol. The number of halogens is 6. The topological polar surface area (TPSA) is 79.0 Å². The van der Waals surface area contributed by atoms with Gasteiger partial charge in [-0.1, -0.05) is 6.92 Å². The number of hydrogen-bond donors (Lipinski definition) is 1. The van der Waals surface area contributed by atoms with Crippen molar-refractivity contribution in [1.82, 2.24) is 15.1 Å². The van der Waals surface area contributed by atoms with Gasteiger partial charge >= 0.3 is 18.2 Å². The van der Waals surface area contributed by atoms with E-state index < -0.39 is 71.1 Å². The van der Waals surface area contributed by atoms with Crippen molar-refractivity contribution < 1.29 is 45.5 Å². The first-order chi connectivity index (χ1) is 16.9. The Labute approximate surface area is 210 Å². The number of nitrogens with one attached hydrogen (secondary N) is 1. The standard InChI is InChI=1S/C24H29F6N3O4/c1-22(2,3)37-21(36)31-14(7-13-8-16(26)17(27)10-15(13)25)9-19(34)33-6-5-23(4)12-32(11-18(23)33)20(35)24(28,29)30/h8,10,14,18H,5-7,9,11-12H2,1-4H3,(H,31,36)/t14-,18-,23?/m1/s1. The smallest absolute Gasteiger partial charge is 0.444 e. The SMILES string of the molecule is CC(C)(C)OC(=O)N[C@@H](CC(=O)N1CCC2(C)CN(C(=O)C(F)(F)F)C[C@@H]12)Cc1cc(F)c(F)cc1F. The second-order valence-corrected chi connectivity index (χ2v) is 10.8. The van der Waals surface area contributed by atoms with Crippen molar-refractivity contribution in [2.24, 2.45) is 5.41 Å². The zero-order chi connectivity index (χ0) is 27.9. The van der Waals surface area contributed by atoms with E-state index in [1.165, 1.54) is 4.90 Å². The Morgan fingerprint density at radius 1 is 1.11 bits per heavy atom. The molecule has 0 radical (unpaired) electrons. The minimum atomic E-state index is -5.04. The summed E-state index contributed by atoms with van der Waals surface area (Å²) in [5.41, 5.74) is -1.94. The van der Waals surface area contributed by atoms with Gasteiger partial charge in [0.25, 0.3) is 0 Å². The van der Waals surface area contributed by atoms with Gasteiger partial charge < -0.3 is 19.9 Å². The quantitative estimate of drug-likeness (QED) is 0.456. The molecule has 3 atom stereocenters. The Kier molecular flexibility index (Phi) is 7.76.